The molecule has 1 aliphatic rings. The van der Waals surface area contributed by atoms with Gasteiger partial charge < -0.3 is 13.6 Å². The minimum atomic E-state index is -0.564. The summed E-state index contributed by atoms with van der Waals surface area (Å²) < 4.78 is 16.2. The largest absolute Gasteiger partial charge is 0.459 e. The van der Waals surface area contributed by atoms with Gasteiger partial charge in [-0.25, -0.2) is 0 Å². The van der Waals surface area contributed by atoms with Crippen molar-refractivity contribution in [3.05, 3.63) is 60.2 Å². The number of ether oxygens (including phenoxy) is 1. The predicted octanol–water partition coefficient (Wildman–Crippen LogP) is 3.88. The first-order valence-corrected chi connectivity index (χ1v) is 8.37. The average molecular weight is 338 g/mol. The van der Waals surface area contributed by atoms with Gasteiger partial charge in [-0.2, -0.15) is 0 Å². The van der Waals surface area contributed by atoms with E-state index >= 15 is 0 Å². The summed E-state index contributed by atoms with van der Waals surface area (Å²) in [6.07, 6.45) is 5.18. The number of furan rings is 1. The Morgan fingerprint density at radius 1 is 1.08 bits per heavy atom. The van der Waals surface area contributed by atoms with Crippen molar-refractivity contribution in [2.45, 2.75) is 37.7 Å². The Balaban J connectivity index is 1.48. The summed E-state index contributed by atoms with van der Waals surface area (Å²) in [5.74, 6) is 0.784. The topological polar surface area (TPSA) is 78.4 Å². The normalized spacial score (nSPS) is 16.0. The van der Waals surface area contributed by atoms with Crippen molar-refractivity contribution < 1.29 is 18.4 Å². The van der Waals surface area contributed by atoms with Gasteiger partial charge in [0.15, 0.2) is 12.4 Å². The van der Waals surface area contributed by atoms with Crippen LogP contribution < -0.4 is 0 Å². The molecule has 0 amide bonds. The van der Waals surface area contributed by atoms with Gasteiger partial charge in [-0.3, -0.25) is 4.79 Å². The van der Waals surface area contributed by atoms with E-state index < -0.39 is 5.41 Å². The van der Waals surface area contributed by atoms with Crippen LogP contribution in [0.2, 0.25) is 0 Å². The van der Waals surface area contributed by atoms with Crippen LogP contribution in [0.25, 0.3) is 11.7 Å². The standard InChI is InChI=1S/C19H18N2O4/c22-18(19(10-4-5-11-19)14-7-2-1-3-8-14)24-13-16-20-21-17(25-16)15-9-6-12-23-15/h1-3,6-9,12H,4-5,10-11,13H2. The highest BCUT2D eigenvalue weighted by Gasteiger charge is 2.44. The first kappa shape index (κ1) is 15.6. The second kappa shape index (κ2) is 6.55. The maximum atomic E-state index is 12.8. The van der Waals surface area contributed by atoms with E-state index in [4.69, 9.17) is 13.6 Å². The summed E-state index contributed by atoms with van der Waals surface area (Å²) >= 11 is 0. The third-order valence-corrected chi connectivity index (χ3v) is 4.70. The number of rotatable bonds is 5. The molecule has 2 heterocycles. The highest BCUT2D eigenvalue weighted by molar-refractivity contribution is 5.83. The summed E-state index contributed by atoms with van der Waals surface area (Å²) in [5, 5.41) is 7.82. The van der Waals surface area contributed by atoms with Crippen LogP contribution in [0.3, 0.4) is 0 Å². The van der Waals surface area contributed by atoms with Crippen molar-refractivity contribution in [3.8, 4) is 11.7 Å². The quantitative estimate of drug-likeness (QED) is 0.657. The second-order valence-electron chi connectivity index (χ2n) is 6.21. The minimum Gasteiger partial charge on any atom is -0.459 e. The van der Waals surface area contributed by atoms with E-state index in [0.29, 0.717) is 5.76 Å². The molecule has 1 aliphatic carbocycles. The van der Waals surface area contributed by atoms with Gasteiger partial charge in [0.1, 0.15) is 0 Å². The third-order valence-electron chi connectivity index (χ3n) is 4.70. The predicted molar refractivity (Wildman–Crippen MR) is 88.4 cm³/mol. The summed E-state index contributed by atoms with van der Waals surface area (Å²) in [6.45, 7) is -0.0406. The molecule has 0 radical (unpaired) electrons. The number of benzene rings is 1. The Morgan fingerprint density at radius 2 is 1.88 bits per heavy atom. The number of carbonyl (C=O) groups excluding carboxylic acids is 1. The first-order chi connectivity index (χ1) is 12.3. The van der Waals surface area contributed by atoms with Crippen LogP contribution in [0, 0.1) is 0 Å². The van der Waals surface area contributed by atoms with E-state index in [-0.39, 0.29) is 24.4 Å². The fourth-order valence-corrected chi connectivity index (χ4v) is 3.42. The maximum absolute atomic E-state index is 12.8. The molecule has 0 aliphatic heterocycles. The molecule has 0 spiro atoms. The molecule has 0 saturated heterocycles. The number of hydrogen-bond donors (Lipinski definition) is 0. The number of hydrogen-bond acceptors (Lipinski definition) is 6. The molecule has 0 atom stereocenters. The van der Waals surface area contributed by atoms with Gasteiger partial charge in [0.25, 0.3) is 11.8 Å². The van der Waals surface area contributed by atoms with Crippen molar-refractivity contribution in [2.24, 2.45) is 0 Å². The van der Waals surface area contributed by atoms with E-state index in [2.05, 4.69) is 10.2 Å². The highest BCUT2D eigenvalue weighted by atomic mass is 16.5. The van der Waals surface area contributed by atoms with Gasteiger partial charge in [0.2, 0.25) is 0 Å². The zero-order chi connectivity index (χ0) is 17.1. The van der Waals surface area contributed by atoms with Crippen LogP contribution in [-0.2, 0) is 21.6 Å². The Labute approximate surface area is 144 Å². The zero-order valence-electron chi connectivity index (χ0n) is 13.7. The molecule has 1 saturated carbocycles. The van der Waals surface area contributed by atoms with Crippen LogP contribution in [0.5, 0.6) is 0 Å². The maximum Gasteiger partial charge on any atom is 0.317 e. The van der Waals surface area contributed by atoms with Crippen molar-refractivity contribution >= 4 is 5.97 Å². The van der Waals surface area contributed by atoms with Gasteiger partial charge in [-0.05, 0) is 30.5 Å². The molecule has 6 heteroatoms. The monoisotopic (exact) mass is 338 g/mol. The lowest BCUT2D eigenvalue weighted by Crippen LogP contribution is -2.34. The molecule has 0 unspecified atom stereocenters. The highest BCUT2D eigenvalue weighted by Crippen LogP contribution is 2.42. The van der Waals surface area contributed by atoms with E-state index in [1.165, 1.54) is 6.26 Å². The van der Waals surface area contributed by atoms with Gasteiger partial charge in [-0.15, -0.1) is 10.2 Å². The van der Waals surface area contributed by atoms with Crippen molar-refractivity contribution in [1.29, 1.82) is 0 Å². The first-order valence-electron chi connectivity index (χ1n) is 8.37. The van der Waals surface area contributed by atoms with Crippen molar-refractivity contribution in [2.75, 3.05) is 0 Å². The van der Waals surface area contributed by atoms with Gasteiger partial charge in [0, 0.05) is 0 Å². The van der Waals surface area contributed by atoms with Crippen LogP contribution in [-0.4, -0.2) is 16.2 Å². The summed E-state index contributed by atoms with van der Waals surface area (Å²) in [4.78, 5) is 12.8. The SMILES string of the molecule is O=C(OCc1nnc(-c2ccco2)o1)C1(c2ccccc2)CCCC1. The summed E-state index contributed by atoms with van der Waals surface area (Å²) in [6, 6.07) is 13.3. The molecule has 128 valence electrons. The Hall–Kier alpha value is -2.89. The van der Waals surface area contributed by atoms with E-state index in [1.54, 1.807) is 12.1 Å². The lowest BCUT2D eigenvalue weighted by Gasteiger charge is -2.26. The fourth-order valence-electron chi connectivity index (χ4n) is 3.42. The summed E-state index contributed by atoms with van der Waals surface area (Å²) in [5.41, 5.74) is 0.449. The number of esters is 1. The molecule has 6 nitrogen and oxygen atoms in total. The third kappa shape index (κ3) is 2.95. The van der Waals surface area contributed by atoms with Crippen LogP contribution in [0.4, 0.5) is 0 Å². The average Bonchev–Trinajstić information content (AvgIpc) is 3.42. The smallest absolute Gasteiger partial charge is 0.317 e. The van der Waals surface area contributed by atoms with Gasteiger partial charge >= 0.3 is 5.97 Å². The molecule has 25 heavy (non-hydrogen) atoms. The fraction of sp³-hybridized carbons (Fsp3) is 0.316. The minimum absolute atomic E-state index is 0.0406. The molecule has 0 N–H and O–H groups in total. The summed E-state index contributed by atoms with van der Waals surface area (Å²) in [7, 11) is 0. The molecule has 4 rings (SSSR count). The lowest BCUT2D eigenvalue weighted by atomic mass is 9.79. The van der Waals surface area contributed by atoms with Crippen LogP contribution >= 0.6 is 0 Å². The molecular weight excluding hydrogens is 320 g/mol. The Bertz CT molecular complexity index is 833. The van der Waals surface area contributed by atoms with Crippen molar-refractivity contribution in [1.82, 2.24) is 10.2 Å². The Morgan fingerprint density at radius 3 is 2.60 bits per heavy atom. The molecule has 3 aromatic rings. The van der Waals surface area contributed by atoms with E-state index in [1.807, 2.05) is 30.3 Å². The van der Waals surface area contributed by atoms with Crippen LogP contribution in [0.1, 0.15) is 37.1 Å². The van der Waals surface area contributed by atoms with E-state index in [0.717, 1.165) is 31.2 Å². The molecule has 0 bridgehead atoms. The van der Waals surface area contributed by atoms with E-state index in [9.17, 15) is 4.79 Å². The number of aromatic nitrogens is 2. The molecule has 1 aromatic carbocycles. The number of nitrogens with zero attached hydrogens (tertiary/aromatic N) is 2. The van der Waals surface area contributed by atoms with Gasteiger partial charge in [-0.1, -0.05) is 43.2 Å². The Kier molecular flexibility index (Phi) is 4.09. The number of carbonyl (C=O) groups is 1. The molecule has 1 fully saturated rings. The zero-order valence-corrected chi connectivity index (χ0v) is 13.7. The molecular formula is C19H18N2O4. The van der Waals surface area contributed by atoms with Crippen molar-refractivity contribution in [3.63, 3.8) is 0 Å². The lowest BCUT2D eigenvalue weighted by molar-refractivity contribution is -0.152. The van der Waals surface area contributed by atoms with Crippen LogP contribution in [0.15, 0.2) is 57.6 Å². The molecule has 2 aromatic heterocycles. The second-order valence-corrected chi connectivity index (χ2v) is 6.21. The van der Waals surface area contributed by atoms with Gasteiger partial charge in [0.05, 0.1) is 11.7 Å².